The molecule has 0 aliphatic carbocycles. The average molecular weight is 429 g/mol. The van der Waals surface area contributed by atoms with E-state index in [1.54, 1.807) is 37.3 Å². The first-order valence-electron chi connectivity index (χ1n) is 9.51. The summed E-state index contributed by atoms with van der Waals surface area (Å²) in [7, 11) is -3.67. The van der Waals surface area contributed by atoms with E-state index >= 15 is 0 Å². The second-order valence-corrected chi connectivity index (χ2v) is 8.77. The molecule has 0 saturated heterocycles. The number of para-hydroxylation sites is 1. The van der Waals surface area contributed by atoms with Crippen molar-refractivity contribution in [2.45, 2.75) is 32.9 Å². The van der Waals surface area contributed by atoms with Gasteiger partial charge in [0.1, 0.15) is 6.04 Å². The minimum atomic E-state index is -3.67. The van der Waals surface area contributed by atoms with Crippen molar-refractivity contribution < 1.29 is 17.7 Å². The molecule has 0 aliphatic heterocycles. The van der Waals surface area contributed by atoms with Gasteiger partial charge in [-0.2, -0.15) is 4.98 Å². The van der Waals surface area contributed by atoms with Crippen molar-refractivity contribution in [3.05, 3.63) is 66.1 Å². The van der Waals surface area contributed by atoms with Gasteiger partial charge in [0, 0.05) is 5.56 Å². The predicted octanol–water partition coefficient (Wildman–Crippen LogP) is 2.91. The topological polar surface area (TPSA) is 105 Å². The minimum absolute atomic E-state index is 0.000582. The van der Waals surface area contributed by atoms with E-state index in [0.29, 0.717) is 17.9 Å². The molecule has 0 aliphatic rings. The Morgan fingerprint density at radius 2 is 1.80 bits per heavy atom. The van der Waals surface area contributed by atoms with Crippen LogP contribution in [0, 0.1) is 6.92 Å². The number of amides is 1. The zero-order valence-electron chi connectivity index (χ0n) is 17.1. The lowest BCUT2D eigenvalue weighted by molar-refractivity contribution is -0.122. The molecule has 158 valence electrons. The van der Waals surface area contributed by atoms with E-state index in [4.69, 9.17) is 4.52 Å². The maximum atomic E-state index is 12.8. The van der Waals surface area contributed by atoms with Crippen molar-refractivity contribution in [3.8, 4) is 11.4 Å². The molecule has 0 bridgehead atoms. The number of sulfonamides is 1. The van der Waals surface area contributed by atoms with Gasteiger partial charge in [-0.05, 0) is 25.5 Å². The van der Waals surface area contributed by atoms with Crippen molar-refractivity contribution in [1.82, 2.24) is 15.5 Å². The van der Waals surface area contributed by atoms with E-state index in [2.05, 4.69) is 15.5 Å². The van der Waals surface area contributed by atoms with Gasteiger partial charge in [-0.3, -0.25) is 9.10 Å². The molecule has 0 unspecified atom stereocenters. The summed E-state index contributed by atoms with van der Waals surface area (Å²) >= 11 is 0. The fourth-order valence-corrected chi connectivity index (χ4v) is 4.27. The predicted molar refractivity (Wildman–Crippen MR) is 114 cm³/mol. The SMILES string of the molecule is CC[C@@H](C(=O)NCc1nc(-c2ccc(C)cc2)no1)N(c1ccccc1)S(C)(=O)=O. The largest absolute Gasteiger partial charge is 0.345 e. The van der Waals surface area contributed by atoms with Crippen LogP contribution in [0.15, 0.2) is 59.1 Å². The second kappa shape index (κ2) is 9.08. The molecule has 1 N–H and O–H groups in total. The van der Waals surface area contributed by atoms with Crippen molar-refractivity contribution >= 4 is 21.6 Å². The van der Waals surface area contributed by atoms with Crippen LogP contribution in [0.1, 0.15) is 24.8 Å². The Balaban J connectivity index is 1.73. The first-order valence-corrected chi connectivity index (χ1v) is 11.4. The zero-order chi connectivity index (χ0) is 21.7. The third-order valence-corrected chi connectivity index (χ3v) is 5.71. The summed E-state index contributed by atoms with van der Waals surface area (Å²) in [5.74, 6) is 0.217. The molecule has 8 nitrogen and oxygen atoms in total. The molecule has 2 aromatic carbocycles. The molecule has 3 rings (SSSR count). The summed E-state index contributed by atoms with van der Waals surface area (Å²) < 4.78 is 31.2. The van der Waals surface area contributed by atoms with Crippen LogP contribution in [-0.2, 0) is 21.4 Å². The van der Waals surface area contributed by atoms with Gasteiger partial charge in [0.15, 0.2) is 0 Å². The number of nitrogens with one attached hydrogen (secondary N) is 1. The maximum Gasteiger partial charge on any atom is 0.246 e. The fraction of sp³-hybridized carbons (Fsp3) is 0.286. The van der Waals surface area contributed by atoms with Gasteiger partial charge in [0.25, 0.3) is 0 Å². The first kappa shape index (κ1) is 21.5. The van der Waals surface area contributed by atoms with E-state index in [1.807, 2.05) is 31.2 Å². The zero-order valence-corrected chi connectivity index (χ0v) is 17.9. The number of aryl methyl sites for hydroxylation is 1. The summed E-state index contributed by atoms with van der Waals surface area (Å²) in [6, 6.07) is 15.3. The Morgan fingerprint density at radius 1 is 1.13 bits per heavy atom. The summed E-state index contributed by atoms with van der Waals surface area (Å²) in [6.07, 6.45) is 1.38. The fourth-order valence-electron chi connectivity index (χ4n) is 3.06. The van der Waals surface area contributed by atoms with E-state index < -0.39 is 22.0 Å². The molecule has 30 heavy (non-hydrogen) atoms. The van der Waals surface area contributed by atoms with Crippen molar-refractivity contribution in [1.29, 1.82) is 0 Å². The number of hydrogen-bond donors (Lipinski definition) is 1. The number of hydrogen-bond acceptors (Lipinski definition) is 6. The molecular weight excluding hydrogens is 404 g/mol. The number of carbonyl (C=O) groups is 1. The van der Waals surface area contributed by atoms with Gasteiger partial charge in [-0.1, -0.05) is 60.1 Å². The van der Waals surface area contributed by atoms with Crippen LogP contribution in [-0.4, -0.2) is 36.8 Å². The lowest BCUT2D eigenvalue weighted by Crippen LogP contribution is -2.49. The summed E-state index contributed by atoms with van der Waals surface area (Å²) in [6.45, 7) is 3.74. The second-order valence-electron chi connectivity index (χ2n) is 6.91. The molecular formula is C21H24N4O4S. The molecule has 0 spiro atoms. The van der Waals surface area contributed by atoms with Crippen molar-refractivity contribution in [3.63, 3.8) is 0 Å². The highest BCUT2D eigenvalue weighted by Gasteiger charge is 2.31. The van der Waals surface area contributed by atoms with Gasteiger partial charge in [-0.25, -0.2) is 8.42 Å². The van der Waals surface area contributed by atoms with Crippen LogP contribution in [0.25, 0.3) is 11.4 Å². The molecule has 1 atom stereocenters. The van der Waals surface area contributed by atoms with E-state index in [-0.39, 0.29) is 12.4 Å². The minimum Gasteiger partial charge on any atom is -0.345 e. The van der Waals surface area contributed by atoms with Gasteiger partial charge in [0.2, 0.25) is 27.6 Å². The molecule has 1 amide bonds. The average Bonchev–Trinajstić information content (AvgIpc) is 3.19. The number of anilines is 1. The van der Waals surface area contributed by atoms with Crippen LogP contribution in [0.4, 0.5) is 5.69 Å². The third-order valence-electron chi connectivity index (χ3n) is 4.53. The van der Waals surface area contributed by atoms with Crippen molar-refractivity contribution in [2.75, 3.05) is 10.6 Å². The number of aromatic nitrogens is 2. The summed E-state index contributed by atoms with van der Waals surface area (Å²) in [5.41, 5.74) is 2.36. The Labute approximate surface area is 176 Å². The van der Waals surface area contributed by atoms with Crippen LogP contribution in [0.3, 0.4) is 0 Å². The van der Waals surface area contributed by atoms with Crippen LogP contribution in [0.2, 0.25) is 0 Å². The molecule has 9 heteroatoms. The van der Waals surface area contributed by atoms with Crippen LogP contribution in [0.5, 0.6) is 0 Å². The van der Waals surface area contributed by atoms with Crippen LogP contribution < -0.4 is 9.62 Å². The number of benzene rings is 2. The molecule has 3 aromatic rings. The number of nitrogens with zero attached hydrogens (tertiary/aromatic N) is 3. The highest BCUT2D eigenvalue weighted by atomic mass is 32.2. The molecule has 0 saturated carbocycles. The Kier molecular flexibility index (Phi) is 6.51. The lowest BCUT2D eigenvalue weighted by Gasteiger charge is -2.29. The molecule has 1 heterocycles. The molecule has 0 radical (unpaired) electrons. The number of carbonyl (C=O) groups excluding carboxylic acids is 1. The summed E-state index contributed by atoms with van der Waals surface area (Å²) in [4.78, 5) is 17.1. The van der Waals surface area contributed by atoms with E-state index in [9.17, 15) is 13.2 Å². The summed E-state index contributed by atoms with van der Waals surface area (Å²) in [5, 5.41) is 6.64. The smallest absolute Gasteiger partial charge is 0.246 e. The molecule has 1 aromatic heterocycles. The van der Waals surface area contributed by atoms with E-state index in [1.165, 1.54) is 0 Å². The monoisotopic (exact) mass is 428 g/mol. The van der Waals surface area contributed by atoms with Crippen molar-refractivity contribution in [2.24, 2.45) is 0 Å². The third kappa shape index (κ3) is 5.04. The lowest BCUT2D eigenvalue weighted by atomic mass is 10.1. The first-order chi connectivity index (χ1) is 14.3. The highest BCUT2D eigenvalue weighted by molar-refractivity contribution is 7.92. The highest BCUT2D eigenvalue weighted by Crippen LogP contribution is 2.22. The number of rotatable bonds is 8. The van der Waals surface area contributed by atoms with Crippen LogP contribution >= 0.6 is 0 Å². The Hall–Kier alpha value is -3.20. The van der Waals surface area contributed by atoms with Gasteiger partial charge < -0.3 is 9.84 Å². The Morgan fingerprint density at radius 3 is 2.40 bits per heavy atom. The molecule has 0 fully saturated rings. The maximum absolute atomic E-state index is 12.8. The van der Waals surface area contributed by atoms with Gasteiger partial charge in [0.05, 0.1) is 18.5 Å². The normalized spacial score (nSPS) is 12.4. The quantitative estimate of drug-likeness (QED) is 0.591. The van der Waals surface area contributed by atoms with E-state index in [0.717, 1.165) is 21.7 Å². The Bertz CT molecular complexity index is 1100. The van der Waals surface area contributed by atoms with Gasteiger partial charge >= 0.3 is 0 Å². The standard InChI is InChI=1S/C21H24N4O4S/c1-4-18(25(30(3,27)28)17-8-6-5-7-9-17)21(26)22-14-19-23-20(24-29-19)16-12-10-15(2)11-13-16/h5-13,18H,4,14H2,1-3H3,(H,22,26)/t18-/m0/s1. The van der Waals surface area contributed by atoms with Gasteiger partial charge in [-0.15, -0.1) is 0 Å².